The normalized spacial score (nSPS) is 11.8. The molecule has 3 aromatic rings. The van der Waals surface area contributed by atoms with Gasteiger partial charge in [-0.25, -0.2) is 0 Å². The van der Waals surface area contributed by atoms with E-state index in [1.54, 1.807) is 18.3 Å². The Morgan fingerprint density at radius 2 is 1.82 bits per heavy atom. The van der Waals surface area contributed by atoms with E-state index in [1.165, 1.54) is 18.2 Å². The predicted octanol–water partition coefficient (Wildman–Crippen LogP) is 4.35. The Morgan fingerprint density at radius 1 is 1.05 bits per heavy atom. The molecule has 0 saturated carbocycles. The fourth-order valence-corrected chi connectivity index (χ4v) is 2.38. The summed E-state index contributed by atoms with van der Waals surface area (Å²) in [6.07, 6.45) is -2.76. The highest BCUT2D eigenvalue weighted by Crippen LogP contribution is 2.36. The molecule has 0 unspecified atom stereocenters. The number of aromatic nitrogens is 1. The van der Waals surface area contributed by atoms with Gasteiger partial charge >= 0.3 is 6.18 Å². The van der Waals surface area contributed by atoms with Crippen molar-refractivity contribution in [1.82, 2.24) is 4.98 Å². The number of H-pyrrole nitrogens is 1. The zero-order valence-corrected chi connectivity index (χ0v) is 11.4. The summed E-state index contributed by atoms with van der Waals surface area (Å²) >= 11 is 0. The molecule has 1 heterocycles. The van der Waals surface area contributed by atoms with E-state index in [1.807, 2.05) is 6.07 Å². The van der Waals surface area contributed by atoms with E-state index in [2.05, 4.69) is 4.98 Å². The SMILES string of the molecule is Nc1cccc2[nH]cc(COc3ccccc3C(F)(F)F)c12. The minimum atomic E-state index is -4.45. The standard InChI is InChI=1S/C16H13F3N2O/c17-16(18,19)11-4-1-2-7-14(11)22-9-10-8-21-13-6-3-5-12(20)15(10)13/h1-8,21H,9,20H2. The first-order valence-corrected chi connectivity index (χ1v) is 6.60. The fraction of sp³-hybridized carbons (Fsp3) is 0.125. The largest absolute Gasteiger partial charge is 0.488 e. The van der Waals surface area contributed by atoms with Gasteiger partial charge in [0.2, 0.25) is 0 Å². The van der Waals surface area contributed by atoms with Crippen molar-refractivity contribution in [3.8, 4) is 5.75 Å². The van der Waals surface area contributed by atoms with Crippen molar-refractivity contribution in [3.05, 3.63) is 59.8 Å². The van der Waals surface area contributed by atoms with Crippen molar-refractivity contribution >= 4 is 16.6 Å². The third-order valence-electron chi connectivity index (χ3n) is 3.40. The molecular weight excluding hydrogens is 293 g/mol. The second-order valence-electron chi connectivity index (χ2n) is 4.87. The minimum absolute atomic E-state index is 0.00130. The topological polar surface area (TPSA) is 51.0 Å². The highest BCUT2D eigenvalue weighted by molar-refractivity contribution is 5.93. The van der Waals surface area contributed by atoms with E-state index >= 15 is 0 Å². The van der Waals surface area contributed by atoms with Crippen LogP contribution in [0, 0.1) is 0 Å². The number of nitrogens with two attached hydrogens (primary N) is 1. The van der Waals surface area contributed by atoms with Gasteiger partial charge in [-0.1, -0.05) is 18.2 Å². The Balaban J connectivity index is 1.90. The number of hydrogen-bond donors (Lipinski definition) is 2. The van der Waals surface area contributed by atoms with Gasteiger partial charge in [-0.2, -0.15) is 13.2 Å². The second kappa shape index (κ2) is 5.29. The van der Waals surface area contributed by atoms with Crippen LogP contribution < -0.4 is 10.5 Å². The summed E-state index contributed by atoms with van der Waals surface area (Å²) in [5.74, 6) is -0.196. The Kier molecular flexibility index (Phi) is 3.44. The Bertz CT molecular complexity index is 809. The molecule has 3 rings (SSSR count). The number of para-hydroxylation sites is 1. The summed E-state index contributed by atoms with van der Waals surface area (Å²) < 4.78 is 44.2. The quantitative estimate of drug-likeness (QED) is 0.707. The van der Waals surface area contributed by atoms with Gasteiger partial charge in [-0.3, -0.25) is 0 Å². The van der Waals surface area contributed by atoms with Crippen LogP contribution >= 0.6 is 0 Å². The molecule has 0 radical (unpaired) electrons. The van der Waals surface area contributed by atoms with E-state index < -0.39 is 11.7 Å². The Hall–Kier alpha value is -2.63. The monoisotopic (exact) mass is 306 g/mol. The van der Waals surface area contributed by atoms with E-state index in [-0.39, 0.29) is 12.4 Å². The fourth-order valence-electron chi connectivity index (χ4n) is 2.38. The van der Waals surface area contributed by atoms with Crippen LogP contribution in [0.2, 0.25) is 0 Å². The second-order valence-corrected chi connectivity index (χ2v) is 4.87. The van der Waals surface area contributed by atoms with Crippen LogP contribution in [0.3, 0.4) is 0 Å². The molecule has 0 atom stereocenters. The number of nitrogen functional groups attached to an aromatic ring is 1. The van der Waals surface area contributed by atoms with E-state index in [9.17, 15) is 13.2 Å². The first kappa shape index (κ1) is 14.3. The number of hydrogen-bond acceptors (Lipinski definition) is 2. The van der Waals surface area contributed by atoms with Gasteiger partial charge in [0.25, 0.3) is 0 Å². The molecule has 0 aliphatic carbocycles. The molecule has 114 valence electrons. The first-order chi connectivity index (χ1) is 10.5. The summed E-state index contributed by atoms with van der Waals surface area (Å²) in [5, 5.41) is 0.770. The van der Waals surface area contributed by atoms with Gasteiger partial charge in [0, 0.05) is 28.4 Å². The predicted molar refractivity (Wildman–Crippen MR) is 78.5 cm³/mol. The summed E-state index contributed by atoms with van der Waals surface area (Å²) in [6.45, 7) is 0.00130. The maximum Gasteiger partial charge on any atom is 0.419 e. The van der Waals surface area contributed by atoms with Crippen molar-refractivity contribution in [2.75, 3.05) is 5.73 Å². The van der Waals surface area contributed by atoms with Gasteiger partial charge in [-0.05, 0) is 24.3 Å². The van der Waals surface area contributed by atoms with E-state index in [0.717, 1.165) is 17.0 Å². The Labute approximate surface area is 124 Å². The van der Waals surface area contributed by atoms with Gasteiger partial charge in [0.1, 0.15) is 12.4 Å². The summed E-state index contributed by atoms with van der Waals surface area (Å²) in [7, 11) is 0. The van der Waals surface area contributed by atoms with Crippen molar-refractivity contribution in [2.24, 2.45) is 0 Å². The molecule has 0 spiro atoms. The maximum atomic E-state index is 12.9. The third-order valence-corrected chi connectivity index (χ3v) is 3.40. The molecule has 2 aromatic carbocycles. The van der Waals surface area contributed by atoms with Crippen LogP contribution in [0.15, 0.2) is 48.7 Å². The molecular formula is C16H13F3N2O. The van der Waals surface area contributed by atoms with Crippen molar-refractivity contribution in [1.29, 1.82) is 0 Å². The number of anilines is 1. The van der Waals surface area contributed by atoms with E-state index in [4.69, 9.17) is 10.5 Å². The van der Waals surface area contributed by atoms with E-state index in [0.29, 0.717) is 11.3 Å². The number of rotatable bonds is 3. The zero-order chi connectivity index (χ0) is 15.7. The average Bonchev–Trinajstić information content (AvgIpc) is 2.89. The molecule has 6 heteroatoms. The number of fused-ring (bicyclic) bond motifs is 1. The molecule has 0 saturated heterocycles. The number of nitrogens with one attached hydrogen (secondary N) is 1. The smallest absolute Gasteiger partial charge is 0.419 e. The van der Waals surface area contributed by atoms with Gasteiger partial charge in [-0.15, -0.1) is 0 Å². The third kappa shape index (κ3) is 2.59. The van der Waals surface area contributed by atoms with Crippen molar-refractivity contribution < 1.29 is 17.9 Å². The summed E-state index contributed by atoms with van der Waals surface area (Å²) in [5.41, 5.74) is 7.22. The zero-order valence-electron chi connectivity index (χ0n) is 11.4. The van der Waals surface area contributed by atoms with Crippen molar-refractivity contribution in [2.45, 2.75) is 12.8 Å². The highest BCUT2D eigenvalue weighted by atomic mass is 19.4. The number of alkyl halides is 3. The van der Waals surface area contributed by atoms with Crippen LogP contribution in [-0.4, -0.2) is 4.98 Å². The lowest BCUT2D eigenvalue weighted by Crippen LogP contribution is -2.08. The molecule has 3 N–H and O–H groups in total. The molecule has 22 heavy (non-hydrogen) atoms. The van der Waals surface area contributed by atoms with Gasteiger partial charge < -0.3 is 15.5 Å². The molecule has 0 amide bonds. The summed E-state index contributed by atoms with van der Waals surface area (Å²) in [6, 6.07) is 10.5. The number of benzene rings is 2. The maximum absolute atomic E-state index is 12.9. The molecule has 0 fully saturated rings. The number of aromatic amines is 1. The summed E-state index contributed by atoms with van der Waals surface area (Å²) in [4.78, 5) is 3.03. The van der Waals surface area contributed by atoms with Gasteiger partial charge in [0.05, 0.1) is 5.56 Å². The molecule has 0 aliphatic heterocycles. The highest BCUT2D eigenvalue weighted by Gasteiger charge is 2.34. The molecule has 3 nitrogen and oxygen atoms in total. The first-order valence-electron chi connectivity index (χ1n) is 6.60. The van der Waals surface area contributed by atoms with Crippen LogP contribution in [-0.2, 0) is 12.8 Å². The Morgan fingerprint density at radius 3 is 2.59 bits per heavy atom. The van der Waals surface area contributed by atoms with Crippen molar-refractivity contribution in [3.63, 3.8) is 0 Å². The lowest BCUT2D eigenvalue weighted by Gasteiger charge is -2.13. The van der Waals surface area contributed by atoms with Crippen LogP contribution in [0.25, 0.3) is 10.9 Å². The number of ether oxygens (including phenoxy) is 1. The minimum Gasteiger partial charge on any atom is -0.488 e. The lowest BCUT2D eigenvalue weighted by molar-refractivity contribution is -0.139. The molecule has 1 aromatic heterocycles. The molecule has 0 aliphatic rings. The van der Waals surface area contributed by atoms with Crippen LogP contribution in [0.1, 0.15) is 11.1 Å². The lowest BCUT2D eigenvalue weighted by atomic mass is 10.1. The molecule has 0 bridgehead atoms. The average molecular weight is 306 g/mol. The van der Waals surface area contributed by atoms with Gasteiger partial charge in [0.15, 0.2) is 0 Å². The van der Waals surface area contributed by atoms with Crippen LogP contribution in [0.5, 0.6) is 5.75 Å². The number of halogens is 3. The van der Waals surface area contributed by atoms with Crippen LogP contribution in [0.4, 0.5) is 18.9 Å².